The summed E-state index contributed by atoms with van der Waals surface area (Å²) in [5, 5.41) is 6.96. The van der Waals surface area contributed by atoms with Crippen molar-refractivity contribution in [2.75, 3.05) is 4.90 Å². The Morgan fingerprint density at radius 1 is 0.291 bits per heavy atom. The molecule has 3 nitrogen and oxygen atoms in total. The van der Waals surface area contributed by atoms with Gasteiger partial charge in [0.2, 0.25) is 0 Å². The Kier molecular flexibility index (Phi) is 7.17. The molecule has 0 aliphatic carbocycles. The first-order valence-electron chi connectivity index (χ1n) is 18.7. The third-order valence-electron chi connectivity index (χ3n) is 10.9. The van der Waals surface area contributed by atoms with Gasteiger partial charge in [-0.1, -0.05) is 140 Å². The number of furan rings is 2. The SMILES string of the molecule is c1ccc(-c2cccc3c2oc2cc(N(c4ccc(-c5ccc6c(c5)oc5ccccc56)cc4)c4ccc(-c5cccc6ccccc56)cc4)ccc23)cc1. The van der Waals surface area contributed by atoms with E-state index in [1.165, 1.54) is 21.9 Å². The monoisotopic (exact) mass is 703 g/mol. The maximum Gasteiger partial charge on any atom is 0.143 e. The standard InChI is InChI=1S/C52H33NO2/c1-2-10-36(11-3-1)44-17-9-18-48-47-31-29-41(33-51(47)55-52(44)48)53(40-27-22-37(23-28-40)43-16-8-13-35-12-4-5-14-42(35)43)39-25-20-34(21-26-39)38-24-30-46-45-15-6-7-19-49(45)54-50(46)32-38/h1-33H. The van der Waals surface area contributed by atoms with Gasteiger partial charge < -0.3 is 13.7 Å². The van der Waals surface area contributed by atoms with Gasteiger partial charge in [0, 0.05) is 50.2 Å². The van der Waals surface area contributed by atoms with E-state index in [1.807, 2.05) is 18.2 Å². The van der Waals surface area contributed by atoms with Gasteiger partial charge in [0.25, 0.3) is 0 Å². The van der Waals surface area contributed by atoms with Gasteiger partial charge in [0.1, 0.15) is 22.3 Å². The summed E-state index contributed by atoms with van der Waals surface area (Å²) in [5.41, 5.74) is 13.5. The zero-order valence-electron chi connectivity index (χ0n) is 29.8. The lowest BCUT2D eigenvalue weighted by Crippen LogP contribution is -2.09. The van der Waals surface area contributed by atoms with Crippen LogP contribution in [-0.4, -0.2) is 0 Å². The Bertz CT molecular complexity index is 3180. The van der Waals surface area contributed by atoms with Crippen LogP contribution in [0.25, 0.3) is 88.0 Å². The summed E-state index contributed by atoms with van der Waals surface area (Å²) in [5.74, 6) is 0. The van der Waals surface area contributed by atoms with Crippen molar-refractivity contribution < 1.29 is 8.83 Å². The van der Waals surface area contributed by atoms with Gasteiger partial charge in [-0.05, 0) is 93.2 Å². The molecule has 0 aliphatic heterocycles. The number of nitrogens with zero attached hydrogens (tertiary/aromatic N) is 1. The quantitative estimate of drug-likeness (QED) is 0.173. The average molecular weight is 704 g/mol. The fourth-order valence-electron chi connectivity index (χ4n) is 8.19. The lowest BCUT2D eigenvalue weighted by Gasteiger charge is -2.26. The van der Waals surface area contributed by atoms with Crippen LogP contribution < -0.4 is 4.90 Å². The van der Waals surface area contributed by atoms with Crippen LogP contribution in [0.2, 0.25) is 0 Å². The first-order valence-corrected chi connectivity index (χ1v) is 18.7. The zero-order chi connectivity index (χ0) is 36.3. The molecule has 11 aromatic rings. The van der Waals surface area contributed by atoms with Crippen molar-refractivity contribution in [3.8, 4) is 33.4 Å². The fourth-order valence-corrected chi connectivity index (χ4v) is 8.19. The molecule has 55 heavy (non-hydrogen) atoms. The molecule has 0 amide bonds. The molecule has 0 aliphatic rings. The second-order valence-electron chi connectivity index (χ2n) is 14.1. The molecule has 0 spiro atoms. The second kappa shape index (κ2) is 12.6. The Labute approximate surface area is 317 Å². The fraction of sp³-hybridized carbons (Fsp3) is 0. The van der Waals surface area contributed by atoms with Crippen LogP contribution in [0.1, 0.15) is 0 Å². The van der Waals surface area contributed by atoms with E-state index in [-0.39, 0.29) is 0 Å². The summed E-state index contributed by atoms with van der Waals surface area (Å²) in [4.78, 5) is 2.31. The van der Waals surface area contributed by atoms with E-state index >= 15 is 0 Å². The highest BCUT2D eigenvalue weighted by atomic mass is 16.3. The highest BCUT2D eigenvalue weighted by Crippen LogP contribution is 2.42. The number of para-hydroxylation sites is 2. The molecule has 2 aromatic heterocycles. The van der Waals surface area contributed by atoms with Gasteiger partial charge >= 0.3 is 0 Å². The van der Waals surface area contributed by atoms with Gasteiger partial charge in [-0.3, -0.25) is 0 Å². The molecule has 0 atom stereocenters. The largest absolute Gasteiger partial charge is 0.456 e. The lowest BCUT2D eigenvalue weighted by atomic mass is 9.98. The third-order valence-corrected chi connectivity index (χ3v) is 10.9. The van der Waals surface area contributed by atoms with Crippen molar-refractivity contribution in [1.29, 1.82) is 0 Å². The predicted molar refractivity (Wildman–Crippen MR) is 229 cm³/mol. The highest BCUT2D eigenvalue weighted by molar-refractivity contribution is 6.10. The van der Waals surface area contributed by atoms with E-state index in [4.69, 9.17) is 8.83 Å². The molecule has 0 N–H and O–H groups in total. The Morgan fingerprint density at radius 2 is 0.836 bits per heavy atom. The molecule has 2 heterocycles. The summed E-state index contributed by atoms with van der Waals surface area (Å²) in [6.45, 7) is 0. The van der Waals surface area contributed by atoms with Crippen molar-refractivity contribution in [3.05, 3.63) is 200 Å². The van der Waals surface area contributed by atoms with Gasteiger partial charge in [0.05, 0.1) is 0 Å². The van der Waals surface area contributed by atoms with Crippen LogP contribution in [0.15, 0.2) is 209 Å². The van der Waals surface area contributed by atoms with Gasteiger partial charge in [0.15, 0.2) is 0 Å². The number of rotatable bonds is 6. The normalized spacial score (nSPS) is 11.6. The molecule has 9 aromatic carbocycles. The predicted octanol–water partition coefficient (Wildman–Crippen LogP) is 15.1. The number of fused-ring (bicyclic) bond motifs is 7. The van der Waals surface area contributed by atoms with Crippen LogP contribution in [0.3, 0.4) is 0 Å². The van der Waals surface area contributed by atoms with Crippen LogP contribution in [0.4, 0.5) is 17.1 Å². The zero-order valence-corrected chi connectivity index (χ0v) is 29.8. The smallest absolute Gasteiger partial charge is 0.143 e. The van der Waals surface area contributed by atoms with E-state index in [1.54, 1.807) is 0 Å². The summed E-state index contributed by atoms with van der Waals surface area (Å²) < 4.78 is 12.9. The minimum Gasteiger partial charge on any atom is -0.456 e. The van der Waals surface area contributed by atoms with Crippen molar-refractivity contribution in [2.24, 2.45) is 0 Å². The second-order valence-corrected chi connectivity index (χ2v) is 14.1. The van der Waals surface area contributed by atoms with E-state index in [0.717, 1.165) is 83.2 Å². The Hall–Kier alpha value is -7.36. The highest BCUT2D eigenvalue weighted by Gasteiger charge is 2.18. The minimum absolute atomic E-state index is 0.851. The Morgan fingerprint density at radius 3 is 1.67 bits per heavy atom. The van der Waals surface area contributed by atoms with Gasteiger partial charge in [-0.15, -0.1) is 0 Å². The van der Waals surface area contributed by atoms with E-state index < -0.39 is 0 Å². The van der Waals surface area contributed by atoms with Gasteiger partial charge in [-0.25, -0.2) is 0 Å². The number of hydrogen-bond acceptors (Lipinski definition) is 3. The van der Waals surface area contributed by atoms with E-state index in [0.29, 0.717) is 0 Å². The van der Waals surface area contributed by atoms with Crippen molar-refractivity contribution in [3.63, 3.8) is 0 Å². The molecule has 0 unspecified atom stereocenters. The first kappa shape index (κ1) is 31.2. The van der Waals surface area contributed by atoms with Crippen LogP contribution in [-0.2, 0) is 0 Å². The molecule has 3 heteroatoms. The molecule has 0 saturated carbocycles. The van der Waals surface area contributed by atoms with Gasteiger partial charge in [-0.2, -0.15) is 0 Å². The maximum atomic E-state index is 6.72. The molecule has 0 saturated heterocycles. The summed E-state index contributed by atoms with van der Waals surface area (Å²) in [7, 11) is 0. The Balaban J connectivity index is 1.02. The lowest BCUT2D eigenvalue weighted by molar-refractivity contribution is 0.669. The summed E-state index contributed by atoms with van der Waals surface area (Å²) in [6, 6.07) is 70.9. The topological polar surface area (TPSA) is 29.5 Å². The number of hydrogen-bond donors (Lipinski definition) is 0. The van der Waals surface area contributed by atoms with Crippen molar-refractivity contribution >= 4 is 71.7 Å². The summed E-state index contributed by atoms with van der Waals surface area (Å²) >= 11 is 0. The van der Waals surface area contributed by atoms with Crippen molar-refractivity contribution in [1.82, 2.24) is 0 Å². The van der Waals surface area contributed by atoms with Crippen LogP contribution in [0.5, 0.6) is 0 Å². The van der Waals surface area contributed by atoms with Crippen LogP contribution in [0, 0.1) is 0 Å². The molecule has 0 radical (unpaired) electrons. The maximum absolute atomic E-state index is 6.72. The molecule has 0 bridgehead atoms. The molecular weight excluding hydrogens is 671 g/mol. The molecule has 11 rings (SSSR count). The van der Waals surface area contributed by atoms with E-state index in [9.17, 15) is 0 Å². The van der Waals surface area contributed by atoms with Crippen molar-refractivity contribution in [2.45, 2.75) is 0 Å². The average Bonchev–Trinajstić information content (AvgIpc) is 3.82. The van der Waals surface area contributed by atoms with Crippen LogP contribution >= 0.6 is 0 Å². The third kappa shape index (κ3) is 5.28. The molecular formula is C52H33NO2. The molecule has 258 valence electrons. The number of anilines is 3. The van der Waals surface area contributed by atoms with E-state index in [2.05, 4.69) is 187 Å². The minimum atomic E-state index is 0.851. The number of benzene rings is 9. The molecule has 0 fully saturated rings. The first-order chi connectivity index (χ1) is 27.2. The summed E-state index contributed by atoms with van der Waals surface area (Å²) in [6.07, 6.45) is 0.